The molecule has 2 aromatic rings. The Labute approximate surface area is 109 Å². The van der Waals surface area contributed by atoms with Gasteiger partial charge in [0.1, 0.15) is 18.4 Å². The summed E-state index contributed by atoms with van der Waals surface area (Å²) in [5.74, 6) is 0.226. The van der Waals surface area contributed by atoms with Crippen LogP contribution in [0, 0.1) is 0 Å². The van der Waals surface area contributed by atoms with E-state index in [9.17, 15) is 4.79 Å². The number of ether oxygens (including phenoxy) is 1. The molecular formula is C11H11ClN4O2. The Kier molecular flexibility index (Phi) is 3.78. The van der Waals surface area contributed by atoms with Crippen LogP contribution in [0.1, 0.15) is 6.92 Å². The van der Waals surface area contributed by atoms with Crippen LogP contribution in [0.3, 0.4) is 0 Å². The number of carbonyl (C=O) groups is 1. The van der Waals surface area contributed by atoms with E-state index in [1.165, 1.54) is 17.3 Å². The van der Waals surface area contributed by atoms with Crippen LogP contribution in [0.15, 0.2) is 36.9 Å². The fourth-order valence-electron chi connectivity index (χ4n) is 1.27. The molecule has 1 N–H and O–H groups in total. The van der Waals surface area contributed by atoms with Gasteiger partial charge < -0.3 is 4.74 Å². The summed E-state index contributed by atoms with van der Waals surface area (Å²) < 4.78 is 6.80. The zero-order valence-corrected chi connectivity index (χ0v) is 10.3. The lowest BCUT2D eigenvalue weighted by Gasteiger charge is -2.14. The number of nitrogens with zero attached hydrogens (tertiary/aromatic N) is 3. The fourth-order valence-corrected chi connectivity index (χ4v) is 1.45. The molecule has 0 aliphatic carbocycles. The Morgan fingerprint density at radius 3 is 2.83 bits per heavy atom. The molecule has 1 aromatic carbocycles. The summed E-state index contributed by atoms with van der Waals surface area (Å²) in [6, 6.07) is 6.86. The predicted molar refractivity (Wildman–Crippen MR) is 65.9 cm³/mol. The highest BCUT2D eigenvalue weighted by atomic mass is 35.5. The van der Waals surface area contributed by atoms with Crippen molar-refractivity contribution in [3.63, 3.8) is 0 Å². The van der Waals surface area contributed by atoms with Crippen molar-refractivity contribution in [1.29, 1.82) is 0 Å². The highest BCUT2D eigenvalue weighted by Gasteiger charge is 2.14. The average Bonchev–Trinajstić information content (AvgIpc) is 2.81. The number of hydrogen-bond donors (Lipinski definition) is 1. The molecule has 1 heterocycles. The minimum absolute atomic E-state index is 0.310. The number of hydrogen-bond acceptors (Lipinski definition) is 4. The van der Waals surface area contributed by atoms with Crippen molar-refractivity contribution in [3.8, 4) is 5.75 Å². The maximum absolute atomic E-state index is 11.8. The minimum atomic E-state index is -0.661. The molecule has 1 aromatic heterocycles. The van der Waals surface area contributed by atoms with Gasteiger partial charge in [-0.3, -0.25) is 10.2 Å². The Balaban J connectivity index is 1.95. The summed E-state index contributed by atoms with van der Waals surface area (Å²) >= 11 is 5.82. The van der Waals surface area contributed by atoms with Gasteiger partial charge in [-0.15, -0.1) is 10.2 Å². The van der Waals surface area contributed by atoms with Crippen LogP contribution in [0.2, 0.25) is 5.02 Å². The highest BCUT2D eigenvalue weighted by molar-refractivity contribution is 6.30. The smallest absolute Gasteiger partial charge is 0.279 e. The van der Waals surface area contributed by atoms with Crippen molar-refractivity contribution in [3.05, 3.63) is 41.9 Å². The van der Waals surface area contributed by atoms with Gasteiger partial charge in [0, 0.05) is 5.02 Å². The first-order valence-corrected chi connectivity index (χ1v) is 5.60. The number of halogens is 1. The molecule has 94 valence electrons. The van der Waals surface area contributed by atoms with E-state index in [2.05, 4.69) is 15.6 Å². The molecule has 7 heteroatoms. The number of carbonyl (C=O) groups excluding carboxylic acids is 1. The normalized spacial score (nSPS) is 11.9. The molecule has 0 saturated heterocycles. The SMILES string of the molecule is C[C@H](Oc1cccc(Cl)c1)C(=O)Nn1cnnc1. The van der Waals surface area contributed by atoms with Crippen molar-refractivity contribution in [2.75, 3.05) is 5.43 Å². The van der Waals surface area contributed by atoms with Crippen LogP contribution in [-0.4, -0.2) is 26.9 Å². The van der Waals surface area contributed by atoms with Crippen molar-refractivity contribution in [1.82, 2.24) is 14.9 Å². The van der Waals surface area contributed by atoms with Gasteiger partial charge in [0.05, 0.1) is 0 Å². The van der Waals surface area contributed by atoms with E-state index in [4.69, 9.17) is 16.3 Å². The largest absolute Gasteiger partial charge is 0.481 e. The first-order valence-electron chi connectivity index (χ1n) is 5.23. The van der Waals surface area contributed by atoms with E-state index in [-0.39, 0.29) is 5.91 Å². The Morgan fingerprint density at radius 2 is 2.17 bits per heavy atom. The lowest BCUT2D eigenvalue weighted by molar-refractivity contribution is -0.123. The number of amides is 1. The lowest BCUT2D eigenvalue weighted by Crippen LogP contribution is -2.34. The summed E-state index contributed by atoms with van der Waals surface area (Å²) in [5, 5.41) is 7.69. The minimum Gasteiger partial charge on any atom is -0.481 e. The monoisotopic (exact) mass is 266 g/mol. The summed E-state index contributed by atoms with van der Waals surface area (Å²) in [6.45, 7) is 1.64. The van der Waals surface area contributed by atoms with Gasteiger partial charge in [0.15, 0.2) is 6.10 Å². The molecule has 0 aliphatic heterocycles. The highest BCUT2D eigenvalue weighted by Crippen LogP contribution is 2.18. The quantitative estimate of drug-likeness (QED) is 0.910. The summed E-state index contributed by atoms with van der Waals surface area (Å²) in [6.07, 6.45) is 2.10. The second-order valence-corrected chi connectivity index (χ2v) is 4.00. The molecule has 1 amide bonds. The predicted octanol–water partition coefficient (Wildman–Crippen LogP) is 1.47. The van der Waals surface area contributed by atoms with Gasteiger partial charge in [-0.25, -0.2) is 4.68 Å². The van der Waals surface area contributed by atoms with E-state index >= 15 is 0 Å². The van der Waals surface area contributed by atoms with Crippen LogP contribution >= 0.6 is 11.6 Å². The summed E-state index contributed by atoms with van der Waals surface area (Å²) in [4.78, 5) is 11.8. The number of benzene rings is 1. The van der Waals surface area contributed by atoms with Crippen LogP contribution in [0.5, 0.6) is 5.75 Å². The van der Waals surface area contributed by atoms with Crippen molar-refractivity contribution >= 4 is 17.5 Å². The van der Waals surface area contributed by atoms with Gasteiger partial charge in [-0.2, -0.15) is 0 Å². The van der Waals surface area contributed by atoms with Crippen molar-refractivity contribution in [2.45, 2.75) is 13.0 Å². The van der Waals surface area contributed by atoms with Crippen molar-refractivity contribution in [2.24, 2.45) is 0 Å². The van der Waals surface area contributed by atoms with Crippen molar-refractivity contribution < 1.29 is 9.53 Å². The van der Waals surface area contributed by atoms with E-state index in [1.54, 1.807) is 31.2 Å². The van der Waals surface area contributed by atoms with E-state index in [1.807, 2.05) is 0 Å². The molecule has 2 rings (SSSR count). The molecule has 6 nitrogen and oxygen atoms in total. The number of aromatic nitrogens is 3. The van der Waals surface area contributed by atoms with Gasteiger partial charge in [-0.1, -0.05) is 17.7 Å². The third kappa shape index (κ3) is 3.21. The maximum atomic E-state index is 11.8. The Morgan fingerprint density at radius 1 is 1.44 bits per heavy atom. The molecule has 0 unspecified atom stereocenters. The second-order valence-electron chi connectivity index (χ2n) is 3.56. The van der Waals surface area contributed by atoms with Crippen LogP contribution in [0.4, 0.5) is 0 Å². The summed E-state index contributed by atoms with van der Waals surface area (Å²) in [7, 11) is 0. The zero-order valence-electron chi connectivity index (χ0n) is 9.58. The topological polar surface area (TPSA) is 69.0 Å². The molecule has 18 heavy (non-hydrogen) atoms. The molecular weight excluding hydrogens is 256 g/mol. The molecule has 0 bridgehead atoms. The molecule has 0 spiro atoms. The lowest BCUT2D eigenvalue weighted by atomic mass is 10.3. The first kappa shape index (κ1) is 12.4. The van der Waals surface area contributed by atoms with Gasteiger partial charge in [0.2, 0.25) is 0 Å². The van der Waals surface area contributed by atoms with E-state index in [0.29, 0.717) is 10.8 Å². The molecule has 1 atom stereocenters. The standard InChI is InChI=1S/C11H11ClN4O2/c1-8(11(17)15-16-6-13-14-7-16)18-10-4-2-3-9(12)5-10/h2-8H,1H3,(H,15,17)/t8-/m0/s1. The molecule has 0 radical (unpaired) electrons. The van der Waals surface area contributed by atoms with Gasteiger partial charge in [-0.05, 0) is 25.1 Å². The second kappa shape index (κ2) is 5.50. The zero-order chi connectivity index (χ0) is 13.0. The van der Waals surface area contributed by atoms with Crippen LogP contribution < -0.4 is 10.2 Å². The molecule has 0 aliphatic rings. The summed E-state index contributed by atoms with van der Waals surface area (Å²) in [5.41, 5.74) is 2.55. The van der Waals surface area contributed by atoms with E-state index in [0.717, 1.165) is 0 Å². The number of nitrogens with one attached hydrogen (secondary N) is 1. The molecule has 0 saturated carbocycles. The van der Waals surface area contributed by atoms with Crippen LogP contribution in [0.25, 0.3) is 0 Å². The maximum Gasteiger partial charge on any atom is 0.279 e. The fraction of sp³-hybridized carbons (Fsp3) is 0.182. The van der Waals surface area contributed by atoms with Gasteiger partial charge in [0.25, 0.3) is 5.91 Å². The first-order chi connectivity index (χ1) is 8.65. The Bertz CT molecular complexity index is 530. The third-order valence-corrected chi connectivity index (χ3v) is 2.37. The average molecular weight is 267 g/mol. The Hall–Kier alpha value is -2.08. The van der Waals surface area contributed by atoms with E-state index < -0.39 is 6.10 Å². The number of rotatable bonds is 4. The molecule has 0 fully saturated rings. The third-order valence-electron chi connectivity index (χ3n) is 2.14. The van der Waals surface area contributed by atoms with Crippen LogP contribution in [-0.2, 0) is 4.79 Å². The van der Waals surface area contributed by atoms with Gasteiger partial charge >= 0.3 is 0 Å².